The highest BCUT2D eigenvalue weighted by Crippen LogP contribution is 2.31. The molecule has 1 aromatic heterocycles. The van der Waals surface area contributed by atoms with Crippen LogP contribution in [0.2, 0.25) is 0 Å². The zero-order chi connectivity index (χ0) is 20.3. The predicted molar refractivity (Wildman–Crippen MR) is 109 cm³/mol. The molecule has 0 saturated heterocycles. The maximum atomic E-state index is 13.7. The fourth-order valence-corrected chi connectivity index (χ4v) is 4.20. The van der Waals surface area contributed by atoms with Gasteiger partial charge in [0.25, 0.3) is 0 Å². The van der Waals surface area contributed by atoms with E-state index in [1.165, 1.54) is 40.3 Å². The molecule has 28 heavy (non-hydrogen) atoms. The SMILES string of the molecule is Cc1ccc(Nc2nnc(SC(C)C(=O)Nc3ccc(F)cc3F)s2)cc1C. The Kier molecular flexibility index (Phi) is 6.25. The number of aromatic nitrogens is 2. The summed E-state index contributed by atoms with van der Waals surface area (Å²) in [6.07, 6.45) is 0. The Morgan fingerprint density at radius 3 is 2.61 bits per heavy atom. The summed E-state index contributed by atoms with van der Waals surface area (Å²) in [5.74, 6) is -1.92. The first kappa shape index (κ1) is 20.2. The zero-order valence-corrected chi connectivity index (χ0v) is 17.0. The molecule has 0 saturated carbocycles. The quantitative estimate of drug-likeness (QED) is 0.530. The molecule has 0 fully saturated rings. The monoisotopic (exact) mass is 420 g/mol. The van der Waals surface area contributed by atoms with Gasteiger partial charge in [0, 0.05) is 11.8 Å². The number of halogens is 2. The Balaban J connectivity index is 1.60. The van der Waals surface area contributed by atoms with Gasteiger partial charge in [-0.3, -0.25) is 4.79 Å². The second-order valence-corrected chi connectivity index (χ2v) is 8.74. The van der Waals surface area contributed by atoms with Gasteiger partial charge in [0.1, 0.15) is 11.6 Å². The summed E-state index contributed by atoms with van der Waals surface area (Å²) < 4.78 is 27.2. The molecule has 0 aliphatic carbocycles. The Labute approximate surface area is 169 Å². The molecule has 0 spiro atoms. The average Bonchev–Trinajstić information content (AvgIpc) is 3.07. The third kappa shape index (κ3) is 5.05. The van der Waals surface area contributed by atoms with Gasteiger partial charge in [-0.15, -0.1) is 10.2 Å². The smallest absolute Gasteiger partial charge is 0.237 e. The Morgan fingerprint density at radius 1 is 1.11 bits per heavy atom. The molecule has 2 aromatic carbocycles. The number of nitrogens with zero attached hydrogens (tertiary/aromatic N) is 2. The summed E-state index contributed by atoms with van der Waals surface area (Å²) in [6, 6.07) is 9.02. The number of hydrogen-bond acceptors (Lipinski definition) is 6. The number of nitrogens with one attached hydrogen (secondary N) is 2. The van der Waals surface area contributed by atoms with E-state index in [9.17, 15) is 13.6 Å². The van der Waals surface area contributed by atoms with Crippen LogP contribution < -0.4 is 10.6 Å². The van der Waals surface area contributed by atoms with Gasteiger partial charge >= 0.3 is 0 Å². The van der Waals surface area contributed by atoms with E-state index in [0.29, 0.717) is 9.47 Å². The molecule has 3 rings (SSSR count). The summed E-state index contributed by atoms with van der Waals surface area (Å²) in [4.78, 5) is 12.3. The maximum absolute atomic E-state index is 13.7. The summed E-state index contributed by atoms with van der Waals surface area (Å²) in [7, 11) is 0. The molecule has 2 N–H and O–H groups in total. The van der Waals surface area contributed by atoms with E-state index in [-0.39, 0.29) is 5.69 Å². The molecule has 3 aromatic rings. The number of aryl methyl sites for hydroxylation is 2. The minimum atomic E-state index is -0.818. The van der Waals surface area contributed by atoms with Crippen LogP contribution in [0.15, 0.2) is 40.7 Å². The van der Waals surface area contributed by atoms with Gasteiger partial charge in [-0.1, -0.05) is 29.2 Å². The lowest BCUT2D eigenvalue weighted by molar-refractivity contribution is -0.115. The zero-order valence-electron chi connectivity index (χ0n) is 15.4. The van der Waals surface area contributed by atoms with Crippen LogP contribution in [0.25, 0.3) is 0 Å². The first-order valence-corrected chi connectivity index (χ1v) is 10.1. The molecule has 146 valence electrons. The Hall–Kier alpha value is -2.52. The average molecular weight is 421 g/mol. The molecule has 0 aliphatic rings. The number of benzene rings is 2. The largest absolute Gasteiger partial charge is 0.330 e. The summed E-state index contributed by atoms with van der Waals surface area (Å²) in [5.41, 5.74) is 3.22. The van der Waals surface area contributed by atoms with Crippen molar-refractivity contribution in [3.63, 3.8) is 0 Å². The van der Waals surface area contributed by atoms with Crippen LogP contribution in [0.5, 0.6) is 0 Å². The highest BCUT2D eigenvalue weighted by molar-refractivity contribution is 8.02. The second-order valence-electron chi connectivity index (χ2n) is 6.17. The minimum absolute atomic E-state index is 0.0618. The van der Waals surface area contributed by atoms with Crippen LogP contribution in [0.1, 0.15) is 18.1 Å². The number of amides is 1. The standard InChI is InChI=1S/C19H18F2N4OS2/c1-10-4-6-14(8-11(10)2)22-18-24-25-19(28-18)27-12(3)17(26)23-16-7-5-13(20)9-15(16)21/h4-9,12H,1-3H3,(H,22,24)(H,23,26). The van der Waals surface area contributed by atoms with Crippen molar-refractivity contribution < 1.29 is 13.6 Å². The van der Waals surface area contributed by atoms with E-state index in [4.69, 9.17) is 0 Å². The number of carbonyl (C=O) groups excluding carboxylic acids is 1. The lowest BCUT2D eigenvalue weighted by atomic mass is 10.1. The van der Waals surface area contributed by atoms with Gasteiger partial charge in [-0.2, -0.15) is 0 Å². The lowest BCUT2D eigenvalue weighted by Crippen LogP contribution is -2.22. The molecule has 9 heteroatoms. The second kappa shape index (κ2) is 8.66. The molecule has 1 atom stereocenters. The molecule has 0 radical (unpaired) electrons. The van der Waals surface area contributed by atoms with E-state index in [1.54, 1.807) is 6.92 Å². The number of rotatable bonds is 6. The minimum Gasteiger partial charge on any atom is -0.330 e. The summed E-state index contributed by atoms with van der Waals surface area (Å²) in [6.45, 7) is 5.76. The van der Waals surface area contributed by atoms with Crippen molar-refractivity contribution in [1.82, 2.24) is 10.2 Å². The van der Waals surface area contributed by atoms with Crippen molar-refractivity contribution in [2.45, 2.75) is 30.4 Å². The topological polar surface area (TPSA) is 66.9 Å². The molecular formula is C19H18F2N4OS2. The first-order valence-electron chi connectivity index (χ1n) is 8.42. The van der Waals surface area contributed by atoms with Gasteiger partial charge in [0.15, 0.2) is 4.34 Å². The molecular weight excluding hydrogens is 402 g/mol. The molecule has 5 nitrogen and oxygen atoms in total. The van der Waals surface area contributed by atoms with Gasteiger partial charge in [-0.05, 0) is 56.2 Å². The summed E-state index contributed by atoms with van der Waals surface area (Å²) in [5, 5.41) is 13.9. The maximum Gasteiger partial charge on any atom is 0.237 e. The summed E-state index contributed by atoms with van der Waals surface area (Å²) >= 11 is 2.53. The van der Waals surface area contributed by atoms with Crippen LogP contribution >= 0.6 is 23.1 Å². The molecule has 1 unspecified atom stereocenters. The first-order chi connectivity index (χ1) is 13.3. The van der Waals surface area contributed by atoms with Crippen LogP contribution in [-0.2, 0) is 4.79 Å². The molecule has 0 bridgehead atoms. The number of hydrogen-bond donors (Lipinski definition) is 2. The number of carbonyl (C=O) groups is 1. The third-order valence-electron chi connectivity index (χ3n) is 4.00. The molecule has 1 heterocycles. The van der Waals surface area contributed by atoms with Crippen LogP contribution in [-0.4, -0.2) is 21.4 Å². The van der Waals surface area contributed by atoms with E-state index in [1.807, 2.05) is 32.0 Å². The third-order valence-corrected chi connectivity index (χ3v) is 6.02. The highest BCUT2D eigenvalue weighted by atomic mass is 32.2. The van der Waals surface area contributed by atoms with Crippen molar-refractivity contribution in [2.24, 2.45) is 0 Å². The number of thioether (sulfide) groups is 1. The van der Waals surface area contributed by atoms with Crippen LogP contribution in [0.3, 0.4) is 0 Å². The van der Waals surface area contributed by atoms with Crippen molar-refractivity contribution in [1.29, 1.82) is 0 Å². The van der Waals surface area contributed by atoms with Gasteiger partial charge in [0.2, 0.25) is 11.0 Å². The molecule has 1 amide bonds. The van der Waals surface area contributed by atoms with E-state index in [0.717, 1.165) is 17.8 Å². The normalized spacial score (nSPS) is 11.9. The Morgan fingerprint density at radius 2 is 1.89 bits per heavy atom. The van der Waals surface area contributed by atoms with Crippen molar-refractivity contribution in [2.75, 3.05) is 10.6 Å². The lowest BCUT2D eigenvalue weighted by Gasteiger charge is -2.10. The van der Waals surface area contributed by atoms with E-state index in [2.05, 4.69) is 20.8 Å². The highest BCUT2D eigenvalue weighted by Gasteiger charge is 2.19. The van der Waals surface area contributed by atoms with Crippen molar-refractivity contribution >= 4 is 45.5 Å². The van der Waals surface area contributed by atoms with E-state index < -0.39 is 22.8 Å². The van der Waals surface area contributed by atoms with Crippen molar-refractivity contribution in [3.8, 4) is 0 Å². The van der Waals surface area contributed by atoms with Gasteiger partial charge < -0.3 is 10.6 Å². The van der Waals surface area contributed by atoms with Gasteiger partial charge in [0.05, 0.1) is 10.9 Å². The number of anilines is 3. The van der Waals surface area contributed by atoms with Crippen LogP contribution in [0.4, 0.5) is 25.3 Å². The fourth-order valence-electron chi connectivity index (χ4n) is 2.28. The van der Waals surface area contributed by atoms with Crippen LogP contribution in [0, 0.1) is 25.5 Å². The Bertz CT molecular complexity index is 1010. The van der Waals surface area contributed by atoms with Crippen molar-refractivity contribution in [3.05, 3.63) is 59.2 Å². The predicted octanol–water partition coefficient (Wildman–Crippen LogP) is 5.30. The fraction of sp³-hybridized carbons (Fsp3) is 0.211. The molecule has 0 aliphatic heterocycles. The van der Waals surface area contributed by atoms with Gasteiger partial charge in [-0.25, -0.2) is 8.78 Å². The van der Waals surface area contributed by atoms with E-state index >= 15 is 0 Å².